The smallest absolute Gasteiger partial charge is 0.165 e. The molecule has 0 fully saturated rings. The second-order valence-electron chi connectivity index (χ2n) is 3.34. The Labute approximate surface area is 89.0 Å². The third-order valence-electron chi connectivity index (χ3n) is 2.21. The molecule has 15 heavy (non-hydrogen) atoms. The molecule has 1 aromatic rings. The monoisotopic (exact) mass is 213 g/mol. The van der Waals surface area contributed by atoms with Crippen LogP contribution in [0.25, 0.3) is 0 Å². The van der Waals surface area contributed by atoms with Gasteiger partial charge in [-0.3, -0.25) is 0 Å². The van der Waals surface area contributed by atoms with Gasteiger partial charge in [0.25, 0.3) is 0 Å². The van der Waals surface area contributed by atoms with Gasteiger partial charge < -0.3 is 15.2 Å². The quantitative estimate of drug-likeness (QED) is 0.833. The third-order valence-corrected chi connectivity index (χ3v) is 2.21. The van der Waals surface area contributed by atoms with Gasteiger partial charge in [-0.05, 0) is 24.6 Å². The molecule has 0 heterocycles. The van der Waals surface area contributed by atoms with Crippen molar-refractivity contribution in [2.75, 3.05) is 14.2 Å². The van der Waals surface area contributed by atoms with Crippen LogP contribution in [0.3, 0.4) is 0 Å². The van der Waals surface area contributed by atoms with Crippen molar-refractivity contribution in [1.29, 1.82) is 0 Å². The fourth-order valence-electron chi connectivity index (χ4n) is 1.47. The van der Waals surface area contributed by atoms with Gasteiger partial charge in [0.05, 0.1) is 14.2 Å². The summed E-state index contributed by atoms with van der Waals surface area (Å²) in [6, 6.07) is 3.09. The number of benzene rings is 1. The van der Waals surface area contributed by atoms with E-state index in [0.29, 0.717) is 17.1 Å². The summed E-state index contributed by atoms with van der Waals surface area (Å²) in [7, 11) is 3.06. The summed E-state index contributed by atoms with van der Waals surface area (Å²) < 4.78 is 22.9. The molecule has 0 saturated carbocycles. The van der Waals surface area contributed by atoms with Crippen molar-refractivity contribution in [3.05, 3.63) is 23.3 Å². The van der Waals surface area contributed by atoms with Crippen molar-refractivity contribution in [2.24, 2.45) is 5.73 Å². The highest BCUT2D eigenvalue weighted by atomic mass is 19.1. The van der Waals surface area contributed by atoms with Crippen molar-refractivity contribution in [2.45, 2.75) is 19.6 Å². The first kappa shape index (κ1) is 11.8. The van der Waals surface area contributed by atoms with Gasteiger partial charge in [0.2, 0.25) is 0 Å². The molecule has 0 bridgehead atoms. The van der Waals surface area contributed by atoms with Crippen molar-refractivity contribution < 1.29 is 13.9 Å². The average molecular weight is 213 g/mol. The summed E-state index contributed by atoms with van der Waals surface area (Å²) in [5.41, 5.74) is 7.08. The summed E-state index contributed by atoms with van der Waals surface area (Å²) >= 11 is 0. The van der Waals surface area contributed by atoms with Crippen LogP contribution >= 0.6 is 0 Å². The molecule has 1 aromatic carbocycles. The first-order valence-electron chi connectivity index (χ1n) is 4.70. The van der Waals surface area contributed by atoms with E-state index in [0.717, 1.165) is 5.56 Å². The summed E-state index contributed by atoms with van der Waals surface area (Å²) in [4.78, 5) is 0. The van der Waals surface area contributed by atoms with Crippen LogP contribution < -0.4 is 15.2 Å². The number of nitrogens with two attached hydrogens (primary N) is 1. The zero-order valence-electron chi connectivity index (χ0n) is 9.21. The van der Waals surface area contributed by atoms with Crippen LogP contribution in [-0.4, -0.2) is 14.2 Å². The Morgan fingerprint density at radius 3 is 2.40 bits per heavy atom. The summed E-state index contributed by atoms with van der Waals surface area (Å²) in [5, 5.41) is 0. The normalized spacial score (nSPS) is 12.3. The maximum absolute atomic E-state index is 12.6. The fraction of sp³-hybridized carbons (Fsp3) is 0.455. The number of ether oxygens (including phenoxy) is 2. The van der Waals surface area contributed by atoms with Crippen LogP contribution in [0.5, 0.6) is 11.5 Å². The lowest BCUT2D eigenvalue weighted by molar-refractivity contribution is 0.348. The standard InChI is InChI=1S/C11H16FNO2/c1-7(13)9-4-8(6-12)5-10(14-2)11(9)15-3/h4-5,7H,6,13H2,1-3H3. The molecule has 1 atom stereocenters. The first-order chi connectivity index (χ1) is 7.13. The van der Waals surface area contributed by atoms with Crippen molar-refractivity contribution in [3.8, 4) is 11.5 Å². The second kappa shape index (κ2) is 4.98. The molecule has 84 valence electrons. The topological polar surface area (TPSA) is 44.5 Å². The van der Waals surface area contributed by atoms with E-state index in [-0.39, 0.29) is 6.04 Å². The van der Waals surface area contributed by atoms with Gasteiger partial charge in [0.15, 0.2) is 11.5 Å². The SMILES string of the molecule is COc1cc(CF)cc(C(C)N)c1OC. The molecule has 2 N–H and O–H groups in total. The molecule has 0 aliphatic heterocycles. The number of methoxy groups -OCH3 is 2. The van der Waals surface area contributed by atoms with Gasteiger partial charge in [0, 0.05) is 11.6 Å². The predicted molar refractivity (Wildman–Crippen MR) is 57.0 cm³/mol. The molecule has 1 unspecified atom stereocenters. The molecule has 0 aliphatic rings. The van der Waals surface area contributed by atoms with E-state index in [1.54, 1.807) is 19.2 Å². The Kier molecular flexibility index (Phi) is 3.91. The molecule has 0 amide bonds. The Hall–Kier alpha value is -1.29. The van der Waals surface area contributed by atoms with Gasteiger partial charge in [-0.1, -0.05) is 0 Å². The number of hydrogen-bond acceptors (Lipinski definition) is 3. The molecule has 0 saturated heterocycles. The molecule has 0 aromatic heterocycles. The lowest BCUT2D eigenvalue weighted by Gasteiger charge is -2.16. The largest absolute Gasteiger partial charge is 0.493 e. The second-order valence-corrected chi connectivity index (χ2v) is 3.34. The van der Waals surface area contributed by atoms with Gasteiger partial charge >= 0.3 is 0 Å². The van der Waals surface area contributed by atoms with Crippen LogP contribution in [0, 0.1) is 0 Å². The molecule has 3 nitrogen and oxygen atoms in total. The van der Waals surface area contributed by atoms with E-state index < -0.39 is 6.67 Å². The summed E-state index contributed by atoms with van der Waals surface area (Å²) in [5.74, 6) is 1.09. The zero-order chi connectivity index (χ0) is 11.4. The number of alkyl halides is 1. The van der Waals surface area contributed by atoms with E-state index in [4.69, 9.17) is 15.2 Å². The Balaban J connectivity index is 3.32. The Bertz CT molecular complexity index is 340. The van der Waals surface area contributed by atoms with E-state index in [1.165, 1.54) is 7.11 Å². The average Bonchev–Trinajstić information content (AvgIpc) is 2.26. The zero-order valence-corrected chi connectivity index (χ0v) is 9.21. The van der Waals surface area contributed by atoms with E-state index in [1.807, 2.05) is 6.92 Å². The fourth-order valence-corrected chi connectivity index (χ4v) is 1.47. The minimum atomic E-state index is -0.542. The van der Waals surface area contributed by atoms with E-state index >= 15 is 0 Å². The van der Waals surface area contributed by atoms with Crippen LogP contribution in [0.1, 0.15) is 24.1 Å². The number of hydrogen-bond donors (Lipinski definition) is 1. The van der Waals surface area contributed by atoms with Crippen molar-refractivity contribution in [1.82, 2.24) is 0 Å². The van der Waals surface area contributed by atoms with Crippen LogP contribution in [-0.2, 0) is 6.67 Å². The highest BCUT2D eigenvalue weighted by Gasteiger charge is 2.14. The van der Waals surface area contributed by atoms with Gasteiger partial charge in [-0.15, -0.1) is 0 Å². The summed E-state index contributed by atoms with van der Waals surface area (Å²) in [6.07, 6.45) is 0. The predicted octanol–water partition coefficient (Wildman–Crippen LogP) is 2.19. The van der Waals surface area contributed by atoms with Crippen LogP contribution in [0.2, 0.25) is 0 Å². The maximum atomic E-state index is 12.6. The molecular formula is C11H16FNO2. The lowest BCUT2D eigenvalue weighted by Crippen LogP contribution is -2.08. The first-order valence-corrected chi connectivity index (χ1v) is 4.70. The Morgan fingerprint density at radius 1 is 1.33 bits per heavy atom. The van der Waals surface area contributed by atoms with Crippen molar-refractivity contribution >= 4 is 0 Å². The molecule has 0 aliphatic carbocycles. The number of rotatable bonds is 4. The molecule has 4 heteroatoms. The van der Waals surface area contributed by atoms with Gasteiger partial charge in [0.1, 0.15) is 6.67 Å². The molecule has 1 rings (SSSR count). The van der Waals surface area contributed by atoms with Crippen molar-refractivity contribution in [3.63, 3.8) is 0 Å². The van der Waals surface area contributed by atoms with Crippen LogP contribution in [0.4, 0.5) is 4.39 Å². The molecular weight excluding hydrogens is 197 g/mol. The highest BCUT2D eigenvalue weighted by Crippen LogP contribution is 2.35. The summed E-state index contributed by atoms with van der Waals surface area (Å²) in [6.45, 7) is 1.28. The highest BCUT2D eigenvalue weighted by molar-refractivity contribution is 5.50. The molecule has 0 spiro atoms. The van der Waals surface area contributed by atoms with E-state index in [2.05, 4.69) is 0 Å². The van der Waals surface area contributed by atoms with Gasteiger partial charge in [-0.25, -0.2) is 4.39 Å². The lowest BCUT2D eigenvalue weighted by atomic mass is 10.0. The maximum Gasteiger partial charge on any atom is 0.165 e. The van der Waals surface area contributed by atoms with Gasteiger partial charge in [-0.2, -0.15) is 0 Å². The minimum Gasteiger partial charge on any atom is -0.493 e. The third kappa shape index (κ3) is 2.39. The minimum absolute atomic E-state index is 0.222. The van der Waals surface area contributed by atoms with E-state index in [9.17, 15) is 4.39 Å². The van der Waals surface area contributed by atoms with Crippen LogP contribution in [0.15, 0.2) is 12.1 Å². The Morgan fingerprint density at radius 2 is 2.00 bits per heavy atom. The molecule has 0 radical (unpaired) electrons. The number of halogens is 1.